The van der Waals surface area contributed by atoms with E-state index in [2.05, 4.69) is 56.9 Å². The molecule has 0 bridgehead atoms. The van der Waals surface area contributed by atoms with Crippen LogP contribution in [0.1, 0.15) is 55.3 Å². The number of H-pyrrole nitrogens is 2. The monoisotopic (exact) mass is 414 g/mol. The number of imidazole rings is 1. The lowest BCUT2D eigenvalue weighted by Crippen LogP contribution is -2.32. The minimum absolute atomic E-state index is 0.407. The second-order valence-corrected chi connectivity index (χ2v) is 8.97. The average Bonchev–Trinajstić information content (AvgIpc) is 3.41. The Balaban J connectivity index is 1.41. The molecule has 3 aromatic heterocycles. The Hall–Kier alpha value is -3.12. The van der Waals surface area contributed by atoms with Gasteiger partial charge in [-0.1, -0.05) is 19.9 Å². The third kappa shape index (κ3) is 3.95. The van der Waals surface area contributed by atoms with E-state index in [0.717, 1.165) is 30.9 Å². The minimum atomic E-state index is 0.407. The molecule has 0 saturated carbocycles. The summed E-state index contributed by atoms with van der Waals surface area (Å²) in [6, 6.07) is 11.0. The van der Waals surface area contributed by atoms with Gasteiger partial charge in [-0.2, -0.15) is 0 Å². The number of nitrogens with two attached hydrogens (primary N) is 1. The molecule has 4 N–H and O–H groups in total. The summed E-state index contributed by atoms with van der Waals surface area (Å²) in [4.78, 5) is 17.7. The first kappa shape index (κ1) is 19.8. The van der Waals surface area contributed by atoms with Crippen LogP contribution >= 0.6 is 0 Å². The van der Waals surface area contributed by atoms with Crippen molar-refractivity contribution in [3.05, 3.63) is 65.9 Å². The van der Waals surface area contributed by atoms with Crippen molar-refractivity contribution in [1.82, 2.24) is 24.8 Å². The highest BCUT2D eigenvalue weighted by Crippen LogP contribution is 2.38. The summed E-state index contributed by atoms with van der Waals surface area (Å²) in [5.74, 6) is 1.57. The zero-order valence-electron chi connectivity index (χ0n) is 18.2. The van der Waals surface area contributed by atoms with E-state index in [1.807, 2.05) is 18.3 Å². The van der Waals surface area contributed by atoms with Gasteiger partial charge in [0.05, 0.1) is 12.0 Å². The molecule has 6 heteroatoms. The van der Waals surface area contributed by atoms with Gasteiger partial charge in [-0.25, -0.2) is 9.97 Å². The molecule has 0 amide bonds. The Labute approximate surface area is 182 Å². The first-order valence-electron chi connectivity index (χ1n) is 11.2. The summed E-state index contributed by atoms with van der Waals surface area (Å²) in [7, 11) is 0. The highest BCUT2D eigenvalue weighted by molar-refractivity contribution is 5.92. The largest absolute Gasteiger partial charge is 0.384 e. The van der Waals surface area contributed by atoms with Gasteiger partial charge in [0.1, 0.15) is 5.82 Å². The van der Waals surface area contributed by atoms with Crippen molar-refractivity contribution in [1.29, 1.82) is 0 Å². The molecule has 1 aliphatic rings. The normalized spacial score (nSPS) is 15.8. The molecule has 5 rings (SSSR count). The van der Waals surface area contributed by atoms with Crippen LogP contribution in [0.15, 0.2) is 49.1 Å². The van der Waals surface area contributed by atoms with E-state index in [1.54, 1.807) is 12.5 Å². The lowest BCUT2D eigenvalue weighted by molar-refractivity contribution is 0.203. The standard InChI is InChI=1S/C25H30N6/c1-16(2)24-21-11-18(17-6-9-31(10-7-17)14-20-13-27-15-29-20)3-4-22(21)30-25(24)19-5-8-28-23(26)12-19/h3-5,8,11-13,15-17,30H,6-7,9-10,14H2,1-2H3,(H2,26,28)(H,27,29). The fraction of sp³-hybridized carbons (Fsp3) is 0.360. The maximum absolute atomic E-state index is 5.96. The summed E-state index contributed by atoms with van der Waals surface area (Å²) in [5.41, 5.74) is 13.4. The van der Waals surface area contributed by atoms with Crippen LogP contribution in [0.5, 0.6) is 0 Å². The van der Waals surface area contributed by atoms with E-state index < -0.39 is 0 Å². The van der Waals surface area contributed by atoms with Gasteiger partial charge in [0.2, 0.25) is 0 Å². The maximum atomic E-state index is 5.96. The molecule has 1 aromatic carbocycles. The van der Waals surface area contributed by atoms with Gasteiger partial charge in [0.15, 0.2) is 0 Å². The molecule has 0 aliphatic carbocycles. The number of aromatic amines is 2. The molecule has 0 spiro atoms. The number of hydrogen-bond donors (Lipinski definition) is 3. The molecule has 160 valence electrons. The molecule has 0 unspecified atom stereocenters. The Kier molecular flexibility index (Phi) is 5.24. The average molecular weight is 415 g/mol. The maximum Gasteiger partial charge on any atom is 0.123 e. The smallest absolute Gasteiger partial charge is 0.123 e. The van der Waals surface area contributed by atoms with E-state index in [1.165, 1.54) is 40.6 Å². The number of nitrogens with zero attached hydrogens (tertiary/aromatic N) is 3. The van der Waals surface area contributed by atoms with Gasteiger partial charge >= 0.3 is 0 Å². The Morgan fingerprint density at radius 1 is 1.16 bits per heavy atom. The first-order valence-corrected chi connectivity index (χ1v) is 11.2. The van der Waals surface area contributed by atoms with E-state index >= 15 is 0 Å². The van der Waals surface area contributed by atoms with Crippen molar-refractivity contribution >= 4 is 16.7 Å². The van der Waals surface area contributed by atoms with Crippen LogP contribution in [0.4, 0.5) is 5.82 Å². The van der Waals surface area contributed by atoms with Gasteiger partial charge < -0.3 is 15.7 Å². The topological polar surface area (TPSA) is 86.6 Å². The number of rotatable bonds is 5. The highest BCUT2D eigenvalue weighted by atomic mass is 15.1. The number of nitrogens with one attached hydrogen (secondary N) is 2. The Bertz CT molecular complexity index is 1170. The van der Waals surface area contributed by atoms with Crippen molar-refractivity contribution in [2.75, 3.05) is 18.8 Å². The third-order valence-corrected chi connectivity index (χ3v) is 6.52. The number of hydrogen-bond acceptors (Lipinski definition) is 4. The summed E-state index contributed by atoms with van der Waals surface area (Å²) in [6.45, 7) is 7.72. The highest BCUT2D eigenvalue weighted by Gasteiger charge is 2.23. The molecule has 0 radical (unpaired) electrons. The Morgan fingerprint density at radius 2 is 2.00 bits per heavy atom. The van der Waals surface area contributed by atoms with Crippen LogP contribution in [0.3, 0.4) is 0 Å². The zero-order valence-corrected chi connectivity index (χ0v) is 18.2. The van der Waals surface area contributed by atoms with Gasteiger partial charge in [-0.15, -0.1) is 0 Å². The number of anilines is 1. The number of aromatic nitrogens is 4. The fourth-order valence-corrected chi connectivity index (χ4v) is 4.95. The summed E-state index contributed by atoms with van der Waals surface area (Å²) in [5, 5.41) is 1.33. The number of benzene rings is 1. The molecular formula is C25H30N6. The molecule has 31 heavy (non-hydrogen) atoms. The predicted molar refractivity (Wildman–Crippen MR) is 126 cm³/mol. The molecule has 4 heterocycles. The van der Waals surface area contributed by atoms with E-state index in [4.69, 9.17) is 5.73 Å². The van der Waals surface area contributed by atoms with E-state index in [-0.39, 0.29) is 0 Å². The van der Waals surface area contributed by atoms with Crippen LogP contribution in [0, 0.1) is 0 Å². The van der Waals surface area contributed by atoms with E-state index in [9.17, 15) is 0 Å². The number of likely N-dealkylation sites (tertiary alicyclic amines) is 1. The van der Waals surface area contributed by atoms with Gasteiger partial charge in [-0.05, 0) is 73.2 Å². The number of pyridine rings is 1. The molecule has 1 saturated heterocycles. The van der Waals surface area contributed by atoms with Gasteiger partial charge in [-0.3, -0.25) is 4.90 Å². The fourth-order valence-electron chi connectivity index (χ4n) is 4.95. The molecule has 0 atom stereocenters. The molecule has 6 nitrogen and oxygen atoms in total. The van der Waals surface area contributed by atoms with Crippen LogP contribution in [-0.2, 0) is 6.54 Å². The summed E-state index contributed by atoms with van der Waals surface area (Å²) in [6.07, 6.45) is 7.84. The summed E-state index contributed by atoms with van der Waals surface area (Å²) >= 11 is 0. The van der Waals surface area contributed by atoms with Crippen LogP contribution in [0.25, 0.3) is 22.2 Å². The van der Waals surface area contributed by atoms with E-state index in [0.29, 0.717) is 17.7 Å². The lowest BCUT2D eigenvalue weighted by Gasteiger charge is -2.31. The lowest BCUT2D eigenvalue weighted by atomic mass is 9.87. The number of fused-ring (bicyclic) bond motifs is 1. The van der Waals surface area contributed by atoms with Crippen molar-refractivity contribution in [3.63, 3.8) is 0 Å². The van der Waals surface area contributed by atoms with Crippen LogP contribution < -0.4 is 5.73 Å². The van der Waals surface area contributed by atoms with Crippen molar-refractivity contribution in [2.45, 2.75) is 45.1 Å². The quantitative estimate of drug-likeness (QED) is 0.427. The molecule has 4 aromatic rings. The van der Waals surface area contributed by atoms with Crippen LogP contribution in [0.2, 0.25) is 0 Å². The molecule has 1 fully saturated rings. The number of piperidine rings is 1. The Morgan fingerprint density at radius 3 is 2.71 bits per heavy atom. The summed E-state index contributed by atoms with van der Waals surface area (Å²) < 4.78 is 0. The van der Waals surface area contributed by atoms with Crippen molar-refractivity contribution < 1.29 is 0 Å². The second kappa shape index (κ2) is 8.19. The first-order chi connectivity index (χ1) is 15.1. The van der Waals surface area contributed by atoms with Gasteiger partial charge in [0.25, 0.3) is 0 Å². The minimum Gasteiger partial charge on any atom is -0.384 e. The molecule has 1 aliphatic heterocycles. The van der Waals surface area contributed by atoms with Crippen LogP contribution in [-0.4, -0.2) is 37.9 Å². The number of nitrogen functional groups attached to an aromatic ring is 1. The molecular weight excluding hydrogens is 384 g/mol. The zero-order chi connectivity index (χ0) is 21.4. The SMILES string of the molecule is CC(C)c1c(-c2ccnc(N)c2)[nH]c2ccc(C3CCN(Cc4cnc[nH]4)CC3)cc12. The predicted octanol–water partition coefficient (Wildman–Crippen LogP) is 5.04. The van der Waals surface area contributed by atoms with Crippen molar-refractivity contribution in [3.8, 4) is 11.3 Å². The second-order valence-electron chi connectivity index (χ2n) is 8.97. The third-order valence-electron chi connectivity index (χ3n) is 6.52. The van der Waals surface area contributed by atoms with Gasteiger partial charge in [0, 0.05) is 41.1 Å². The van der Waals surface area contributed by atoms with Crippen molar-refractivity contribution in [2.24, 2.45) is 0 Å².